The second-order valence-electron chi connectivity index (χ2n) is 17.5. The third-order valence-corrected chi connectivity index (χ3v) is 11.5. The zero-order chi connectivity index (χ0) is 48.5. The van der Waals surface area contributed by atoms with Crippen molar-refractivity contribution in [1.82, 2.24) is 50.7 Å². The molecule has 4 rings (SSSR count). The number of carbonyl (C=O) groups is 10. The molecule has 4 N–H and O–H groups in total. The molecule has 0 aromatic heterocycles. The number of likely N-dealkylation sites (N-methyl/N-ethyl adjacent to an activating group) is 1. The maximum atomic E-state index is 13.6. The van der Waals surface area contributed by atoms with Gasteiger partial charge in [-0.3, -0.25) is 72.4 Å². The number of nitrogens with zero attached hydrogens (tertiary/aromatic N) is 6. The summed E-state index contributed by atoms with van der Waals surface area (Å²) in [5.41, 5.74) is 0. The molecule has 0 saturated carbocycles. The number of amides is 5. The van der Waals surface area contributed by atoms with E-state index in [0.29, 0.717) is 71.7 Å². The molecule has 24 nitrogen and oxygen atoms in total. The first-order valence-electron chi connectivity index (χ1n) is 22.4. The van der Waals surface area contributed by atoms with E-state index in [2.05, 4.69) is 21.3 Å². The topological polar surface area (TPSA) is 275 Å². The predicted octanol–water partition coefficient (Wildman–Crippen LogP) is -4.79. The SMILES string of the molecule is COB(OC(=O)CN(C)CC(C)=O)C1CCCN1C(=O)[C@@H](C)NC(=O)[C@@H](NC(=O)CNC(=O)CNC(=O)CN1CCN2CCN3CCN(CC1)CC(=O)OC(CC(=O)C3)OC(=O)C2)C(C)C. The highest BCUT2D eigenvalue weighted by Gasteiger charge is 2.44. The van der Waals surface area contributed by atoms with Gasteiger partial charge in [-0.2, -0.15) is 0 Å². The van der Waals surface area contributed by atoms with Crippen molar-refractivity contribution in [2.45, 2.75) is 71.3 Å². The largest absolute Gasteiger partial charge is 0.551 e. The Balaban J connectivity index is 1.24. The maximum absolute atomic E-state index is 13.6. The monoisotopic (exact) mass is 934 g/mol. The summed E-state index contributed by atoms with van der Waals surface area (Å²) in [6.07, 6.45) is -0.457. The lowest BCUT2D eigenvalue weighted by atomic mass is 9.76. The van der Waals surface area contributed by atoms with Gasteiger partial charge in [-0.25, -0.2) is 0 Å². The van der Waals surface area contributed by atoms with E-state index in [-0.39, 0.29) is 57.3 Å². The molecule has 66 heavy (non-hydrogen) atoms. The Morgan fingerprint density at radius 1 is 0.758 bits per heavy atom. The van der Waals surface area contributed by atoms with E-state index in [4.69, 9.17) is 18.8 Å². The summed E-state index contributed by atoms with van der Waals surface area (Å²) in [4.78, 5) is 139. The number of hydrogen-bond acceptors (Lipinski definition) is 19. The van der Waals surface area contributed by atoms with Crippen molar-refractivity contribution in [2.24, 2.45) is 5.92 Å². The van der Waals surface area contributed by atoms with Crippen LogP contribution in [0.2, 0.25) is 0 Å². The summed E-state index contributed by atoms with van der Waals surface area (Å²) < 4.78 is 21.8. The fourth-order valence-corrected chi connectivity index (χ4v) is 8.06. The van der Waals surface area contributed by atoms with Crippen molar-refractivity contribution in [2.75, 3.05) is 125 Å². The van der Waals surface area contributed by atoms with E-state index < -0.39 is 97.9 Å². The van der Waals surface area contributed by atoms with Crippen molar-refractivity contribution >= 4 is 66.1 Å². The van der Waals surface area contributed by atoms with Crippen LogP contribution in [-0.4, -0.2) is 245 Å². The number of Topliss-reactive ketones (excluding diaryl/α,β-unsaturated/α-hetero) is 2. The lowest BCUT2D eigenvalue weighted by Gasteiger charge is -2.33. The summed E-state index contributed by atoms with van der Waals surface area (Å²) >= 11 is 0. The predicted molar refractivity (Wildman–Crippen MR) is 234 cm³/mol. The highest BCUT2D eigenvalue weighted by Crippen LogP contribution is 2.22. The minimum Gasteiger partial charge on any atom is -0.507 e. The first kappa shape index (κ1) is 53.5. The molecule has 0 aliphatic carbocycles. The van der Waals surface area contributed by atoms with Gasteiger partial charge in [0.15, 0.2) is 5.78 Å². The molecule has 5 atom stereocenters. The number of nitrogens with one attached hydrogen (secondary N) is 4. The van der Waals surface area contributed by atoms with Crippen molar-refractivity contribution < 1.29 is 66.7 Å². The van der Waals surface area contributed by atoms with Crippen molar-refractivity contribution in [3.63, 3.8) is 0 Å². The molecular formula is C41H67BN10O14. The molecule has 4 saturated heterocycles. The van der Waals surface area contributed by atoms with Crippen LogP contribution in [0.3, 0.4) is 0 Å². The van der Waals surface area contributed by atoms with Gasteiger partial charge in [-0.1, -0.05) is 13.8 Å². The van der Waals surface area contributed by atoms with Gasteiger partial charge < -0.3 is 44.9 Å². The number of rotatable bonds is 18. The fraction of sp³-hybridized carbons (Fsp3) is 0.756. The molecule has 4 aliphatic heterocycles. The van der Waals surface area contributed by atoms with E-state index in [9.17, 15) is 47.9 Å². The number of esters is 2. The quantitative estimate of drug-likeness (QED) is 0.0742. The highest BCUT2D eigenvalue weighted by atomic mass is 16.7. The van der Waals surface area contributed by atoms with Gasteiger partial charge in [-0.05, 0) is 39.7 Å². The second kappa shape index (κ2) is 26.3. The van der Waals surface area contributed by atoms with Gasteiger partial charge >= 0.3 is 25.0 Å². The number of ether oxygens (including phenoxy) is 2. The molecule has 4 fully saturated rings. The second-order valence-corrected chi connectivity index (χ2v) is 17.5. The lowest BCUT2D eigenvalue weighted by Crippen LogP contribution is -2.58. The molecular weight excluding hydrogens is 867 g/mol. The zero-order valence-corrected chi connectivity index (χ0v) is 39.0. The van der Waals surface area contributed by atoms with Crippen LogP contribution >= 0.6 is 0 Å². The molecule has 368 valence electrons. The minimum absolute atomic E-state index is 0.0608. The number of ketones is 2. The van der Waals surface area contributed by atoms with Crippen molar-refractivity contribution in [3.05, 3.63) is 0 Å². The average molecular weight is 935 g/mol. The molecule has 0 spiro atoms. The minimum atomic E-state index is -1.31. The molecule has 4 heterocycles. The van der Waals surface area contributed by atoms with E-state index in [1.54, 1.807) is 20.9 Å². The van der Waals surface area contributed by atoms with Crippen LogP contribution in [0.25, 0.3) is 0 Å². The summed E-state index contributed by atoms with van der Waals surface area (Å²) in [7, 11) is 1.87. The number of carbonyl (C=O) groups excluding carboxylic acids is 10. The normalized spacial score (nSPS) is 24.0. The first-order chi connectivity index (χ1) is 31.3. The molecule has 5 amide bonds. The average Bonchev–Trinajstić information content (AvgIpc) is 3.71. The molecule has 25 heteroatoms. The molecule has 4 aliphatic rings. The Kier molecular flexibility index (Phi) is 21.3. The first-order valence-corrected chi connectivity index (χ1v) is 22.4. The Bertz CT molecular complexity index is 1740. The summed E-state index contributed by atoms with van der Waals surface area (Å²) in [6, 6.07) is -2.11. The molecule has 0 aromatic carbocycles. The van der Waals surface area contributed by atoms with Crippen molar-refractivity contribution in [1.29, 1.82) is 0 Å². The molecule has 3 unspecified atom stereocenters. The number of fused-ring (bicyclic) bond motifs is 7. The Hall–Kier alpha value is -5.08. The van der Waals surface area contributed by atoms with Crippen LogP contribution in [0.1, 0.15) is 47.0 Å². The highest BCUT2D eigenvalue weighted by molar-refractivity contribution is 6.49. The maximum Gasteiger partial charge on any atom is 0.551 e. The standard InChI is InChI=1S/C41H67BN10O14/c1-27(2)39(40(61)45-29(4)41(62)52-9-7-8-31(52)42(63-6)66-37(60)24-47(5)21-28(3)53)46-33(56)20-43-32(55)19-44-34(57)23-49-12-16-50-14-10-48-11-15-51(17-13-49)26-36(59)65-38(18-30(54)22-48)64-35(58)25-50/h27,29,31,38-39H,7-26H2,1-6H3,(H,43,55)(H,44,57)(H,45,61)(H,46,56)/t29-,31?,39+/m1/s1. The van der Waals surface area contributed by atoms with Crippen LogP contribution in [0, 0.1) is 5.92 Å². The Labute approximate surface area is 385 Å². The van der Waals surface area contributed by atoms with Crippen LogP contribution in [-0.2, 0) is 66.7 Å². The van der Waals surface area contributed by atoms with Gasteiger partial charge in [0.2, 0.25) is 29.5 Å². The van der Waals surface area contributed by atoms with Crippen LogP contribution in [0.4, 0.5) is 0 Å². The van der Waals surface area contributed by atoms with E-state index in [1.807, 2.05) is 19.6 Å². The van der Waals surface area contributed by atoms with Gasteiger partial charge in [0.25, 0.3) is 6.29 Å². The van der Waals surface area contributed by atoms with Crippen LogP contribution in [0.15, 0.2) is 0 Å². The lowest BCUT2D eigenvalue weighted by molar-refractivity contribution is -0.190. The third kappa shape index (κ3) is 18.0. The third-order valence-electron chi connectivity index (χ3n) is 11.5. The van der Waals surface area contributed by atoms with Gasteiger partial charge in [-0.15, -0.1) is 0 Å². The van der Waals surface area contributed by atoms with E-state index >= 15 is 0 Å². The number of likely N-dealkylation sites (tertiary alicyclic amines) is 1. The van der Waals surface area contributed by atoms with Gasteiger partial charge in [0, 0.05) is 66.0 Å². The molecule has 0 aromatic rings. The molecule has 4 bridgehead atoms. The Morgan fingerprint density at radius 2 is 1.32 bits per heavy atom. The van der Waals surface area contributed by atoms with Gasteiger partial charge in [0.1, 0.15) is 17.9 Å². The van der Waals surface area contributed by atoms with Crippen molar-refractivity contribution in [3.8, 4) is 0 Å². The Morgan fingerprint density at radius 3 is 1.89 bits per heavy atom. The summed E-state index contributed by atoms with van der Waals surface area (Å²) in [5, 5.41) is 10.3. The molecule has 0 radical (unpaired) electrons. The van der Waals surface area contributed by atoms with Crippen LogP contribution < -0.4 is 21.3 Å². The summed E-state index contributed by atoms with van der Waals surface area (Å²) in [5.74, 6) is -6.20. The fourth-order valence-electron chi connectivity index (χ4n) is 8.06. The van der Waals surface area contributed by atoms with Gasteiger partial charge in [0.05, 0.1) is 64.7 Å². The number of hydrogen-bond donors (Lipinski definition) is 4. The van der Waals surface area contributed by atoms with E-state index in [1.165, 1.54) is 30.8 Å². The summed E-state index contributed by atoms with van der Waals surface area (Å²) in [6.45, 7) is 8.73. The zero-order valence-electron chi connectivity index (χ0n) is 39.0. The van der Waals surface area contributed by atoms with Crippen LogP contribution in [0.5, 0.6) is 0 Å². The van der Waals surface area contributed by atoms with E-state index in [0.717, 1.165) is 0 Å². The smallest absolute Gasteiger partial charge is 0.507 e.